The van der Waals surface area contributed by atoms with Crippen LogP contribution in [-0.2, 0) is 0 Å². The smallest absolute Gasteiger partial charge is 0.160 e. The van der Waals surface area contributed by atoms with E-state index in [9.17, 15) is 0 Å². The number of fused-ring (bicyclic) bond motifs is 1. The van der Waals surface area contributed by atoms with Crippen LogP contribution < -0.4 is 0 Å². The summed E-state index contributed by atoms with van der Waals surface area (Å²) in [6.45, 7) is 0. The molecule has 2 aromatic heterocycles. The molecule has 15 heavy (non-hydrogen) atoms. The van der Waals surface area contributed by atoms with Gasteiger partial charge in [0.2, 0.25) is 0 Å². The second-order valence-electron chi connectivity index (χ2n) is 4.12. The van der Waals surface area contributed by atoms with Crippen molar-refractivity contribution >= 4 is 5.65 Å². The van der Waals surface area contributed by atoms with Crippen LogP contribution in [0.5, 0.6) is 0 Å². The van der Waals surface area contributed by atoms with Gasteiger partial charge in [0.25, 0.3) is 0 Å². The van der Waals surface area contributed by atoms with Crippen LogP contribution in [-0.4, -0.2) is 14.6 Å². The van der Waals surface area contributed by atoms with Crippen LogP contribution in [0.2, 0.25) is 0 Å². The maximum Gasteiger partial charge on any atom is 0.160 e. The van der Waals surface area contributed by atoms with Gasteiger partial charge < -0.3 is 0 Å². The SMILES string of the molecule is c1ccn2c([C]3CCCCC3)nnc2c1. The second kappa shape index (κ2) is 3.65. The first-order chi connectivity index (χ1) is 7.45. The van der Waals surface area contributed by atoms with Gasteiger partial charge in [-0.3, -0.25) is 4.40 Å². The minimum Gasteiger partial charge on any atom is -0.286 e. The van der Waals surface area contributed by atoms with Crippen LogP contribution in [0.25, 0.3) is 5.65 Å². The molecule has 3 heteroatoms. The molecule has 0 N–H and O–H groups in total. The Morgan fingerprint density at radius 2 is 1.87 bits per heavy atom. The molecular formula is C12H14N3. The lowest BCUT2D eigenvalue weighted by molar-refractivity contribution is 0.538. The van der Waals surface area contributed by atoms with Crippen LogP contribution in [0, 0.1) is 5.92 Å². The molecule has 0 saturated heterocycles. The third-order valence-corrected chi connectivity index (χ3v) is 3.09. The van der Waals surface area contributed by atoms with Gasteiger partial charge in [-0.05, 0) is 25.0 Å². The van der Waals surface area contributed by atoms with E-state index < -0.39 is 0 Å². The van der Waals surface area contributed by atoms with Crippen molar-refractivity contribution in [3.05, 3.63) is 36.1 Å². The van der Waals surface area contributed by atoms with Crippen LogP contribution in [0.1, 0.15) is 37.9 Å². The zero-order valence-electron chi connectivity index (χ0n) is 8.69. The quantitative estimate of drug-likeness (QED) is 0.708. The Kier molecular flexibility index (Phi) is 2.16. The summed E-state index contributed by atoms with van der Waals surface area (Å²) in [6, 6.07) is 6.03. The molecule has 0 unspecified atom stereocenters. The molecule has 3 nitrogen and oxygen atoms in total. The summed E-state index contributed by atoms with van der Waals surface area (Å²) in [4.78, 5) is 0. The van der Waals surface area contributed by atoms with E-state index in [0.29, 0.717) is 0 Å². The lowest BCUT2D eigenvalue weighted by atomic mass is 9.89. The molecule has 1 aliphatic carbocycles. The van der Waals surface area contributed by atoms with Crippen molar-refractivity contribution in [1.29, 1.82) is 0 Å². The molecule has 1 fully saturated rings. The number of hydrogen-bond donors (Lipinski definition) is 0. The Balaban J connectivity index is 2.02. The van der Waals surface area contributed by atoms with Gasteiger partial charge in [0.05, 0.1) is 0 Å². The average Bonchev–Trinajstić information content (AvgIpc) is 2.74. The highest BCUT2D eigenvalue weighted by molar-refractivity contribution is 5.39. The Bertz CT molecular complexity index is 455. The summed E-state index contributed by atoms with van der Waals surface area (Å²) in [5.74, 6) is 2.55. The molecule has 0 atom stereocenters. The first-order valence-corrected chi connectivity index (χ1v) is 5.60. The normalized spacial score (nSPS) is 18.4. The standard InChI is InChI=1S/C12H14N3/c1-2-6-10(7-3-1)12-14-13-11-8-4-5-9-15(11)12/h4-5,8-9H,1-3,6-7H2. The lowest BCUT2D eigenvalue weighted by Gasteiger charge is -2.18. The molecular weight excluding hydrogens is 186 g/mol. The minimum absolute atomic E-state index is 0.950. The molecule has 77 valence electrons. The average molecular weight is 200 g/mol. The molecule has 1 saturated carbocycles. The molecule has 0 aromatic carbocycles. The van der Waals surface area contributed by atoms with Crippen molar-refractivity contribution in [3.63, 3.8) is 0 Å². The summed E-state index contributed by atoms with van der Waals surface area (Å²) in [6.07, 6.45) is 8.39. The Hall–Kier alpha value is -1.38. The third kappa shape index (κ3) is 1.52. The third-order valence-electron chi connectivity index (χ3n) is 3.09. The maximum absolute atomic E-state index is 4.29. The fraction of sp³-hybridized carbons (Fsp3) is 0.417. The van der Waals surface area contributed by atoms with Crippen molar-refractivity contribution in [2.24, 2.45) is 0 Å². The fourth-order valence-electron chi connectivity index (χ4n) is 2.28. The number of pyridine rings is 1. The van der Waals surface area contributed by atoms with E-state index in [1.807, 2.05) is 24.4 Å². The molecule has 0 bridgehead atoms. The van der Waals surface area contributed by atoms with Gasteiger partial charge in [0.1, 0.15) is 5.82 Å². The summed E-state index contributed by atoms with van der Waals surface area (Å²) in [7, 11) is 0. The van der Waals surface area contributed by atoms with Crippen molar-refractivity contribution < 1.29 is 0 Å². The molecule has 2 aromatic rings. The van der Waals surface area contributed by atoms with Crippen LogP contribution in [0.3, 0.4) is 0 Å². The van der Waals surface area contributed by atoms with Gasteiger partial charge in [-0.1, -0.05) is 25.3 Å². The monoisotopic (exact) mass is 200 g/mol. The van der Waals surface area contributed by atoms with E-state index in [1.54, 1.807) is 0 Å². The predicted molar refractivity (Wildman–Crippen MR) is 58.4 cm³/mol. The summed E-state index contributed by atoms with van der Waals surface area (Å²) in [5.41, 5.74) is 0.950. The number of aromatic nitrogens is 3. The molecule has 2 heterocycles. The topological polar surface area (TPSA) is 30.2 Å². The zero-order chi connectivity index (χ0) is 10.1. The van der Waals surface area contributed by atoms with Crippen LogP contribution in [0.4, 0.5) is 0 Å². The Morgan fingerprint density at radius 1 is 1.00 bits per heavy atom. The van der Waals surface area contributed by atoms with Crippen molar-refractivity contribution in [1.82, 2.24) is 14.6 Å². The summed E-state index contributed by atoms with van der Waals surface area (Å²) >= 11 is 0. The minimum atomic E-state index is 0.950. The van der Waals surface area contributed by atoms with Gasteiger partial charge in [-0.15, -0.1) is 10.2 Å². The van der Waals surface area contributed by atoms with Crippen molar-refractivity contribution in [3.8, 4) is 0 Å². The van der Waals surface area contributed by atoms with Gasteiger partial charge in [0, 0.05) is 12.1 Å². The van der Waals surface area contributed by atoms with E-state index in [0.717, 1.165) is 11.5 Å². The highest BCUT2D eigenvalue weighted by Gasteiger charge is 2.20. The van der Waals surface area contributed by atoms with Gasteiger partial charge in [0.15, 0.2) is 5.65 Å². The number of hydrogen-bond acceptors (Lipinski definition) is 2. The molecule has 1 radical (unpaired) electrons. The first-order valence-electron chi connectivity index (χ1n) is 5.60. The summed E-state index contributed by atoms with van der Waals surface area (Å²) in [5, 5.41) is 8.48. The van der Waals surface area contributed by atoms with Gasteiger partial charge in [-0.2, -0.15) is 0 Å². The Labute approximate surface area is 89.1 Å². The number of nitrogens with zero attached hydrogens (tertiary/aromatic N) is 3. The molecule has 0 aliphatic heterocycles. The van der Waals surface area contributed by atoms with E-state index in [2.05, 4.69) is 14.6 Å². The summed E-state index contributed by atoms with van der Waals surface area (Å²) < 4.78 is 2.10. The molecule has 0 spiro atoms. The molecule has 3 rings (SSSR count). The molecule has 0 amide bonds. The largest absolute Gasteiger partial charge is 0.286 e. The first kappa shape index (κ1) is 8.89. The van der Waals surface area contributed by atoms with Crippen LogP contribution >= 0.6 is 0 Å². The van der Waals surface area contributed by atoms with Crippen molar-refractivity contribution in [2.75, 3.05) is 0 Å². The van der Waals surface area contributed by atoms with Gasteiger partial charge in [-0.25, -0.2) is 0 Å². The maximum atomic E-state index is 4.29. The van der Waals surface area contributed by atoms with Gasteiger partial charge >= 0.3 is 0 Å². The van der Waals surface area contributed by atoms with Crippen LogP contribution in [0.15, 0.2) is 24.4 Å². The number of rotatable bonds is 1. The highest BCUT2D eigenvalue weighted by atomic mass is 15.2. The highest BCUT2D eigenvalue weighted by Crippen LogP contribution is 2.30. The Morgan fingerprint density at radius 3 is 2.73 bits per heavy atom. The fourth-order valence-corrected chi connectivity index (χ4v) is 2.28. The second-order valence-corrected chi connectivity index (χ2v) is 4.12. The van der Waals surface area contributed by atoms with E-state index >= 15 is 0 Å². The van der Waals surface area contributed by atoms with Crippen molar-refractivity contribution in [2.45, 2.75) is 32.1 Å². The molecule has 1 aliphatic rings. The van der Waals surface area contributed by atoms with E-state index in [-0.39, 0.29) is 0 Å². The van der Waals surface area contributed by atoms with E-state index in [1.165, 1.54) is 38.0 Å². The van der Waals surface area contributed by atoms with E-state index in [4.69, 9.17) is 0 Å². The lowest BCUT2D eigenvalue weighted by Crippen LogP contribution is -2.09. The zero-order valence-corrected chi connectivity index (χ0v) is 8.69. The predicted octanol–water partition coefficient (Wildman–Crippen LogP) is 2.62.